The zero-order valence-electron chi connectivity index (χ0n) is 9.41. The first-order valence-corrected chi connectivity index (χ1v) is 5.98. The lowest BCUT2D eigenvalue weighted by atomic mass is 9.72. The molecule has 1 aromatic carbocycles. The van der Waals surface area contributed by atoms with E-state index in [1.165, 1.54) is 0 Å². The molecule has 1 saturated carbocycles. The quantitative estimate of drug-likeness (QED) is 0.622. The smallest absolute Gasteiger partial charge is 0.157 e. The van der Waals surface area contributed by atoms with Crippen LogP contribution in [0.15, 0.2) is 24.3 Å². The molecule has 3 rings (SSSR count). The van der Waals surface area contributed by atoms with Gasteiger partial charge in [0.25, 0.3) is 0 Å². The number of hydrogen-bond donors (Lipinski definition) is 3. The fourth-order valence-electron chi connectivity index (χ4n) is 2.90. The van der Waals surface area contributed by atoms with E-state index >= 15 is 0 Å². The maximum atomic E-state index is 10.5. The summed E-state index contributed by atoms with van der Waals surface area (Å²) in [7, 11) is 0. The Bertz CT molecular complexity index is 433. The highest BCUT2D eigenvalue weighted by Gasteiger charge is 2.56. The lowest BCUT2D eigenvalue weighted by Crippen LogP contribution is -2.62. The van der Waals surface area contributed by atoms with Crippen LogP contribution in [-0.2, 0) is 0 Å². The van der Waals surface area contributed by atoms with E-state index in [-0.39, 0.29) is 0 Å². The number of aliphatic hydroxyl groups excluding tert-OH is 2. The van der Waals surface area contributed by atoms with E-state index < -0.39 is 23.9 Å². The molecule has 0 radical (unpaired) electrons. The van der Waals surface area contributed by atoms with Crippen LogP contribution < -0.4 is 4.74 Å². The number of ether oxygens (including phenoxy) is 1. The van der Waals surface area contributed by atoms with Crippen molar-refractivity contribution in [2.24, 2.45) is 0 Å². The Morgan fingerprint density at radius 1 is 1.18 bits per heavy atom. The Morgan fingerprint density at radius 2 is 1.94 bits per heavy atom. The van der Waals surface area contributed by atoms with Crippen molar-refractivity contribution >= 4 is 0 Å². The minimum Gasteiger partial charge on any atom is -0.487 e. The SMILES string of the molecule is O[C@@H]1CCC[C@@H]2Oc3ccccc3[C@H](O)[C@@]12O. The van der Waals surface area contributed by atoms with E-state index in [9.17, 15) is 15.3 Å². The average molecular weight is 236 g/mol. The normalized spacial score (nSPS) is 40.1. The van der Waals surface area contributed by atoms with Crippen LogP contribution in [0, 0.1) is 0 Å². The summed E-state index contributed by atoms with van der Waals surface area (Å²) in [6.07, 6.45) is -0.620. The minimum atomic E-state index is -1.58. The zero-order chi connectivity index (χ0) is 12.0. The third-order valence-electron chi connectivity index (χ3n) is 3.91. The summed E-state index contributed by atoms with van der Waals surface area (Å²) in [5, 5.41) is 30.8. The summed E-state index contributed by atoms with van der Waals surface area (Å²) in [5.41, 5.74) is -1.03. The van der Waals surface area contributed by atoms with Gasteiger partial charge in [0, 0.05) is 5.56 Å². The fourth-order valence-corrected chi connectivity index (χ4v) is 2.90. The van der Waals surface area contributed by atoms with Gasteiger partial charge in [0.05, 0.1) is 6.10 Å². The van der Waals surface area contributed by atoms with Gasteiger partial charge in [-0.3, -0.25) is 0 Å². The largest absolute Gasteiger partial charge is 0.487 e. The van der Waals surface area contributed by atoms with Crippen LogP contribution in [-0.4, -0.2) is 33.1 Å². The number of fused-ring (bicyclic) bond motifs is 2. The zero-order valence-corrected chi connectivity index (χ0v) is 9.41. The van der Waals surface area contributed by atoms with Crippen LogP contribution in [0.4, 0.5) is 0 Å². The molecular weight excluding hydrogens is 220 g/mol. The Morgan fingerprint density at radius 3 is 2.76 bits per heavy atom. The molecule has 3 N–H and O–H groups in total. The molecule has 92 valence electrons. The lowest BCUT2D eigenvalue weighted by molar-refractivity contribution is -0.222. The second-order valence-corrected chi connectivity index (χ2v) is 4.88. The van der Waals surface area contributed by atoms with E-state index in [1.807, 2.05) is 6.07 Å². The molecule has 1 aliphatic heterocycles. The standard InChI is InChI=1S/C13H16O4/c14-10-6-3-7-11-13(10,16)12(15)8-4-1-2-5-9(8)17-11/h1-2,4-5,10-12,14-16H,3,6-7H2/t10-,11+,12+,13-/m1/s1. The molecule has 17 heavy (non-hydrogen) atoms. The lowest BCUT2D eigenvalue weighted by Gasteiger charge is -2.49. The van der Waals surface area contributed by atoms with Crippen molar-refractivity contribution in [3.05, 3.63) is 29.8 Å². The van der Waals surface area contributed by atoms with Gasteiger partial charge < -0.3 is 20.1 Å². The van der Waals surface area contributed by atoms with Crippen molar-refractivity contribution < 1.29 is 20.1 Å². The Labute approximate surface area is 99.5 Å². The molecular formula is C13H16O4. The highest BCUT2D eigenvalue weighted by atomic mass is 16.5. The van der Waals surface area contributed by atoms with Crippen molar-refractivity contribution in [2.75, 3.05) is 0 Å². The van der Waals surface area contributed by atoms with Crippen molar-refractivity contribution in [1.82, 2.24) is 0 Å². The highest BCUT2D eigenvalue weighted by Crippen LogP contribution is 2.47. The minimum absolute atomic E-state index is 0.496. The molecule has 1 heterocycles. The molecule has 0 aromatic heterocycles. The van der Waals surface area contributed by atoms with Gasteiger partial charge in [0.1, 0.15) is 18.0 Å². The monoisotopic (exact) mass is 236 g/mol. The number of aliphatic hydroxyl groups is 3. The second kappa shape index (κ2) is 3.70. The molecule has 0 spiro atoms. The third-order valence-corrected chi connectivity index (χ3v) is 3.91. The Kier molecular flexibility index (Phi) is 2.40. The van der Waals surface area contributed by atoms with Gasteiger partial charge in [-0.2, -0.15) is 0 Å². The van der Waals surface area contributed by atoms with Gasteiger partial charge in [0.2, 0.25) is 0 Å². The van der Waals surface area contributed by atoms with E-state index in [2.05, 4.69) is 0 Å². The molecule has 0 bridgehead atoms. The Balaban J connectivity index is 2.08. The van der Waals surface area contributed by atoms with Gasteiger partial charge in [-0.15, -0.1) is 0 Å². The summed E-state index contributed by atoms with van der Waals surface area (Å²) < 4.78 is 5.71. The summed E-state index contributed by atoms with van der Waals surface area (Å²) in [6.45, 7) is 0. The predicted octanol–water partition coefficient (Wildman–Crippen LogP) is 0.757. The summed E-state index contributed by atoms with van der Waals surface area (Å²) in [6, 6.07) is 7.11. The maximum absolute atomic E-state index is 10.5. The fraction of sp³-hybridized carbons (Fsp3) is 0.538. The van der Waals surface area contributed by atoms with Crippen molar-refractivity contribution in [3.8, 4) is 5.75 Å². The van der Waals surface area contributed by atoms with Crippen molar-refractivity contribution in [3.63, 3.8) is 0 Å². The molecule has 4 nitrogen and oxygen atoms in total. The molecule has 0 unspecified atom stereocenters. The van der Waals surface area contributed by atoms with E-state index in [0.29, 0.717) is 24.2 Å². The molecule has 0 amide bonds. The molecule has 4 atom stereocenters. The number of hydrogen-bond acceptors (Lipinski definition) is 4. The van der Waals surface area contributed by atoms with Crippen molar-refractivity contribution in [2.45, 2.75) is 43.2 Å². The molecule has 1 aromatic rings. The van der Waals surface area contributed by atoms with Crippen LogP contribution in [0.1, 0.15) is 30.9 Å². The van der Waals surface area contributed by atoms with E-state index in [1.54, 1.807) is 18.2 Å². The number of rotatable bonds is 0. The van der Waals surface area contributed by atoms with Crippen molar-refractivity contribution in [1.29, 1.82) is 0 Å². The second-order valence-electron chi connectivity index (χ2n) is 4.88. The summed E-state index contributed by atoms with van der Waals surface area (Å²) in [4.78, 5) is 0. The molecule has 2 aliphatic rings. The number of para-hydroxylation sites is 1. The number of benzene rings is 1. The van der Waals surface area contributed by atoms with Gasteiger partial charge in [-0.1, -0.05) is 18.2 Å². The van der Waals surface area contributed by atoms with Crippen LogP contribution in [0.3, 0.4) is 0 Å². The summed E-state index contributed by atoms with van der Waals surface area (Å²) in [5.74, 6) is 0.601. The molecule has 0 saturated heterocycles. The maximum Gasteiger partial charge on any atom is 0.157 e. The van der Waals surface area contributed by atoms with Crippen LogP contribution >= 0.6 is 0 Å². The predicted molar refractivity (Wildman–Crippen MR) is 60.6 cm³/mol. The summed E-state index contributed by atoms with van der Waals surface area (Å²) >= 11 is 0. The van der Waals surface area contributed by atoms with Gasteiger partial charge in [-0.25, -0.2) is 0 Å². The van der Waals surface area contributed by atoms with Gasteiger partial charge >= 0.3 is 0 Å². The first-order valence-electron chi connectivity index (χ1n) is 5.98. The first kappa shape index (κ1) is 11.0. The molecule has 4 heteroatoms. The average Bonchev–Trinajstić information content (AvgIpc) is 2.34. The topological polar surface area (TPSA) is 69.9 Å². The molecule has 1 fully saturated rings. The highest BCUT2D eigenvalue weighted by molar-refractivity contribution is 5.40. The van der Waals surface area contributed by atoms with E-state index in [0.717, 1.165) is 6.42 Å². The van der Waals surface area contributed by atoms with Crippen LogP contribution in [0.25, 0.3) is 0 Å². The third kappa shape index (κ3) is 1.41. The van der Waals surface area contributed by atoms with Crippen LogP contribution in [0.5, 0.6) is 5.75 Å². The first-order chi connectivity index (χ1) is 8.14. The Hall–Kier alpha value is -1.10. The van der Waals surface area contributed by atoms with E-state index in [4.69, 9.17) is 4.74 Å². The van der Waals surface area contributed by atoms with Crippen LogP contribution in [0.2, 0.25) is 0 Å². The molecule has 1 aliphatic carbocycles. The van der Waals surface area contributed by atoms with Gasteiger partial charge in [-0.05, 0) is 25.3 Å². The van der Waals surface area contributed by atoms with Gasteiger partial charge in [0.15, 0.2) is 5.60 Å².